The maximum absolute atomic E-state index is 11.9. The molecule has 8 heteroatoms. The quantitative estimate of drug-likeness (QED) is 0.0548. The van der Waals surface area contributed by atoms with Crippen molar-refractivity contribution < 1.29 is 39.6 Å². The molecule has 0 radical (unpaired) electrons. The van der Waals surface area contributed by atoms with E-state index in [4.69, 9.17) is 0 Å². The smallest absolute Gasteiger partial charge is 0.309 e. The van der Waals surface area contributed by atoms with E-state index in [0.29, 0.717) is 6.42 Å². The van der Waals surface area contributed by atoms with Gasteiger partial charge >= 0.3 is 23.9 Å². The van der Waals surface area contributed by atoms with Gasteiger partial charge in [0.1, 0.15) is 0 Å². The molecule has 0 heterocycles. The predicted octanol–water partition coefficient (Wildman–Crippen LogP) is 12.7. The fourth-order valence-corrected chi connectivity index (χ4v) is 9.96. The van der Waals surface area contributed by atoms with Crippen molar-refractivity contribution in [2.45, 2.75) is 214 Å². The van der Waals surface area contributed by atoms with Gasteiger partial charge in [0.05, 0.1) is 21.7 Å². The summed E-state index contributed by atoms with van der Waals surface area (Å²) in [6.45, 7) is 10.4. The molecule has 0 spiro atoms. The number of unbranched alkanes of at least 4 members (excludes halogenated alkanes) is 9. The normalized spacial score (nSPS) is 16.9. The zero-order valence-corrected chi connectivity index (χ0v) is 38.5. The SMILES string of the molecule is Cc1cc(CCCCCCC2(C(=O)O)CC2)c(Cc2cc(CCCCCC(C)(C)C(=O)O)cc(CCCCC3(C(=O)O)CC3)c2C)c(CCCCCCC2(C(=O)O)CC2)c1C. The fourth-order valence-electron chi connectivity index (χ4n) is 9.96. The lowest BCUT2D eigenvalue weighted by atomic mass is 9.82. The minimum Gasteiger partial charge on any atom is -0.481 e. The van der Waals surface area contributed by atoms with E-state index >= 15 is 0 Å². The summed E-state index contributed by atoms with van der Waals surface area (Å²) in [4.78, 5) is 47.0. The van der Waals surface area contributed by atoms with Gasteiger partial charge in [-0.3, -0.25) is 19.2 Å². The van der Waals surface area contributed by atoms with Crippen LogP contribution in [0.1, 0.15) is 212 Å². The molecular weight excluding hydrogens is 765 g/mol. The van der Waals surface area contributed by atoms with Crippen LogP contribution in [0.3, 0.4) is 0 Å². The van der Waals surface area contributed by atoms with Gasteiger partial charge in [0, 0.05) is 0 Å². The van der Waals surface area contributed by atoms with Gasteiger partial charge in [-0.2, -0.15) is 0 Å². The van der Waals surface area contributed by atoms with Crippen LogP contribution in [-0.4, -0.2) is 44.3 Å². The Kier molecular flexibility index (Phi) is 16.7. The number of rotatable bonds is 31. The van der Waals surface area contributed by atoms with Crippen LogP contribution < -0.4 is 0 Å². The van der Waals surface area contributed by atoms with Gasteiger partial charge in [0.15, 0.2) is 0 Å². The first kappa shape index (κ1) is 48.4. The molecule has 3 aliphatic rings. The van der Waals surface area contributed by atoms with E-state index in [1.807, 2.05) is 13.8 Å². The molecule has 0 atom stereocenters. The molecule has 61 heavy (non-hydrogen) atoms. The number of aliphatic carboxylic acids is 4. The summed E-state index contributed by atoms with van der Waals surface area (Å²) < 4.78 is 0. The number of carboxylic acid groups (broad SMARTS) is 4. The van der Waals surface area contributed by atoms with E-state index in [1.54, 1.807) is 0 Å². The van der Waals surface area contributed by atoms with Gasteiger partial charge in [-0.05, 0) is 207 Å². The first-order valence-corrected chi connectivity index (χ1v) is 24.1. The molecule has 338 valence electrons. The fraction of sp³-hybridized carbons (Fsp3) is 0.698. The second-order valence-corrected chi connectivity index (χ2v) is 20.7. The molecular formula is C53H78O8. The van der Waals surface area contributed by atoms with Gasteiger partial charge in [0.25, 0.3) is 0 Å². The number of hydrogen-bond acceptors (Lipinski definition) is 4. The first-order chi connectivity index (χ1) is 28.9. The second-order valence-electron chi connectivity index (χ2n) is 20.7. The minimum atomic E-state index is -0.745. The van der Waals surface area contributed by atoms with Crippen molar-refractivity contribution in [3.63, 3.8) is 0 Å². The largest absolute Gasteiger partial charge is 0.481 e. The molecule has 2 aromatic rings. The van der Waals surface area contributed by atoms with Crippen LogP contribution in [0.5, 0.6) is 0 Å². The molecule has 0 aliphatic heterocycles. The average Bonchev–Trinajstić information content (AvgIpc) is 4.09. The number of aryl methyl sites for hydroxylation is 4. The lowest BCUT2D eigenvalue weighted by Crippen LogP contribution is -2.23. The van der Waals surface area contributed by atoms with E-state index in [0.717, 1.165) is 173 Å². The van der Waals surface area contributed by atoms with Crippen LogP contribution in [0.25, 0.3) is 0 Å². The highest BCUT2D eigenvalue weighted by atomic mass is 16.4. The Morgan fingerprint density at radius 3 is 1.43 bits per heavy atom. The van der Waals surface area contributed by atoms with Crippen molar-refractivity contribution >= 4 is 23.9 Å². The Morgan fingerprint density at radius 1 is 0.492 bits per heavy atom. The van der Waals surface area contributed by atoms with Crippen LogP contribution >= 0.6 is 0 Å². The van der Waals surface area contributed by atoms with Gasteiger partial charge in [-0.25, -0.2) is 0 Å². The molecule has 3 saturated carbocycles. The van der Waals surface area contributed by atoms with Gasteiger partial charge < -0.3 is 20.4 Å². The highest BCUT2D eigenvalue weighted by molar-refractivity contribution is 5.78. The summed E-state index contributed by atoms with van der Waals surface area (Å²) in [7, 11) is 0. The summed E-state index contributed by atoms with van der Waals surface area (Å²) in [6, 6.07) is 7.24. The molecule has 8 nitrogen and oxygen atoms in total. The van der Waals surface area contributed by atoms with E-state index in [-0.39, 0.29) is 0 Å². The summed E-state index contributed by atoms with van der Waals surface area (Å²) in [5.41, 5.74) is 10.3. The van der Waals surface area contributed by atoms with Crippen molar-refractivity contribution in [3.05, 3.63) is 68.3 Å². The Labute approximate surface area is 366 Å². The topological polar surface area (TPSA) is 149 Å². The van der Waals surface area contributed by atoms with E-state index in [1.165, 1.54) is 50.1 Å². The van der Waals surface area contributed by atoms with Crippen LogP contribution in [-0.2, 0) is 51.3 Å². The first-order valence-electron chi connectivity index (χ1n) is 24.1. The zero-order valence-electron chi connectivity index (χ0n) is 38.5. The number of benzene rings is 2. The van der Waals surface area contributed by atoms with Crippen LogP contribution in [0, 0.1) is 42.4 Å². The number of hydrogen-bond donors (Lipinski definition) is 4. The van der Waals surface area contributed by atoms with Crippen molar-refractivity contribution in [2.75, 3.05) is 0 Å². The monoisotopic (exact) mass is 843 g/mol. The predicted molar refractivity (Wildman–Crippen MR) is 243 cm³/mol. The standard InChI is InChI=1S/C53H78O8/c1-37-33-42(21-12-6-8-16-24-51(27-28-51)47(56)57)45(44(38(37)2)22-13-7-9-17-25-52(29-30-52)48(58)59)36-43-35-40(19-11-10-15-23-50(4,5)46(54)55)34-41(39(43)3)20-14-18-26-53(31-32-53)49(60)61/h33-35H,6-32,36H2,1-5H3,(H,54,55)(H,56,57)(H,58,59)(H,60,61). The highest BCUT2D eigenvalue weighted by Crippen LogP contribution is 2.51. The van der Waals surface area contributed by atoms with Crippen molar-refractivity contribution in [1.29, 1.82) is 0 Å². The number of carbonyl (C=O) groups is 4. The van der Waals surface area contributed by atoms with Crippen molar-refractivity contribution in [1.82, 2.24) is 0 Å². The molecule has 4 N–H and O–H groups in total. The van der Waals surface area contributed by atoms with E-state index in [2.05, 4.69) is 39.0 Å². The van der Waals surface area contributed by atoms with Gasteiger partial charge in [-0.1, -0.05) is 76.0 Å². The summed E-state index contributed by atoms with van der Waals surface area (Å²) in [5.74, 6) is -2.64. The molecule has 0 bridgehead atoms. The lowest BCUT2D eigenvalue weighted by Gasteiger charge is -2.23. The van der Waals surface area contributed by atoms with E-state index in [9.17, 15) is 39.6 Å². The maximum Gasteiger partial charge on any atom is 0.309 e. The lowest BCUT2D eigenvalue weighted by molar-refractivity contribution is -0.147. The Hall–Kier alpha value is -3.68. The van der Waals surface area contributed by atoms with Crippen LogP contribution in [0.4, 0.5) is 0 Å². The Bertz CT molecular complexity index is 1860. The average molecular weight is 843 g/mol. The Balaban J connectivity index is 1.34. The minimum absolute atomic E-state index is 0.452. The molecule has 3 fully saturated rings. The van der Waals surface area contributed by atoms with Crippen molar-refractivity contribution in [2.24, 2.45) is 21.7 Å². The molecule has 3 aliphatic carbocycles. The molecule has 0 amide bonds. The molecule has 5 rings (SSSR count). The van der Waals surface area contributed by atoms with Gasteiger partial charge in [0.2, 0.25) is 0 Å². The maximum atomic E-state index is 11.9. The molecule has 2 aromatic carbocycles. The third-order valence-electron chi connectivity index (χ3n) is 15.5. The molecule has 0 saturated heterocycles. The molecule has 0 unspecified atom stereocenters. The second kappa shape index (κ2) is 21.1. The van der Waals surface area contributed by atoms with Gasteiger partial charge in [-0.15, -0.1) is 0 Å². The summed E-state index contributed by atoms with van der Waals surface area (Å²) in [5, 5.41) is 38.7. The Morgan fingerprint density at radius 2 is 0.918 bits per heavy atom. The summed E-state index contributed by atoms with van der Waals surface area (Å²) in [6.07, 6.45) is 25.6. The summed E-state index contributed by atoms with van der Waals surface area (Å²) >= 11 is 0. The zero-order chi connectivity index (χ0) is 44.4. The number of carboxylic acids is 4. The van der Waals surface area contributed by atoms with Crippen LogP contribution in [0.15, 0.2) is 18.2 Å². The van der Waals surface area contributed by atoms with Crippen molar-refractivity contribution in [3.8, 4) is 0 Å². The third-order valence-corrected chi connectivity index (χ3v) is 15.5. The van der Waals surface area contributed by atoms with E-state index < -0.39 is 45.5 Å². The third kappa shape index (κ3) is 13.2. The molecule has 0 aromatic heterocycles. The van der Waals surface area contributed by atoms with Crippen LogP contribution in [0.2, 0.25) is 0 Å². The highest BCUT2D eigenvalue weighted by Gasteiger charge is 2.50.